The number of para-hydroxylation sites is 1. The number of nitrogens with zero attached hydrogens (tertiary/aromatic N) is 3. The van der Waals surface area contributed by atoms with Crippen LogP contribution < -0.4 is 10.6 Å². The van der Waals surface area contributed by atoms with Gasteiger partial charge < -0.3 is 20.3 Å². The first-order valence-corrected chi connectivity index (χ1v) is 10.7. The van der Waals surface area contributed by atoms with Gasteiger partial charge in [0, 0.05) is 39.9 Å². The molecule has 1 aromatic heterocycles. The molecule has 2 N–H and O–H groups in total. The monoisotopic (exact) mass is 389 g/mol. The molecule has 27 heavy (non-hydrogen) atoms. The predicted molar refractivity (Wildman–Crippen MR) is 115 cm³/mol. The molecule has 0 aliphatic carbocycles. The number of benzene rings is 1. The Labute approximate surface area is 166 Å². The first kappa shape index (κ1) is 19.9. The Balaban J connectivity index is 1.45. The Hall–Kier alpha value is -1.86. The zero-order valence-corrected chi connectivity index (χ0v) is 17.2. The molecule has 0 saturated carbocycles. The van der Waals surface area contributed by atoms with Crippen LogP contribution in [0.5, 0.6) is 0 Å². The van der Waals surface area contributed by atoms with E-state index in [4.69, 9.17) is 9.73 Å². The molecule has 2 heterocycles. The molecule has 6 nitrogen and oxygen atoms in total. The second kappa shape index (κ2) is 10.5. The molecule has 0 bridgehead atoms. The number of hydrogen-bond donors (Lipinski definition) is 2. The van der Waals surface area contributed by atoms with Crippen LogP contribution in [0.3, 0.4) is 0 Å². The van der Waals surface area contributed by atoms with Crippen LogP contribution in [0.4, 0.5) is 5.13 Å². The Morgan fingerprint density at radius 1 is 1.33 bits per heavy atom. The van der Waals surface area contributed by atoms with Gasteiger partial charge in [0.05, 0.1) is 16.8 Å². The maximum atomic E-state index is 5.45. The van der Waals surface area contributed by atoms with Crippen molar-refractivity contribution in [3.63, 3.8) is 0 Å². The van der Waals surface area contributed by atoms with E-state index in [0.29, 0.717) is 0 Å². The van der Waals surface area contributed by atoms with E-state index >= 15 is 0 Å². The fourth-order valence-corrected chi connectivity index (χ4v) is 4.15. The van der Waals surface area contributed by atoms with Gasteiger partial charge in [-0.3, -0.25) is 4.99 Å². The second-order valence-corrected chi connectivity index (χ2v) is 7.95. The normalized spacial score (nSPS) is 15.9. The van der Waals surface area contributed by atoms with Crippen LogP contribution in [0.1, 0.15) is 26.2 Å². The topological polar surface area (TPSA) is 61.8 Å². The van der Waals surface area contributed by atoms with E-state index in [1.165, 1.54) is 24.0 Å². The first-order valence-electron chi connectivity index (χ1n) is 9.93. The maximum absolute atomic E-state index is 5.45. The van der Waals surface area contributed by atoms with E-state index < -0.39 is 0 Å². The number of fused-ring (bicyclic) bond motifs is 1. The van der Waals surface area contributed by atoms with Gasteiger partial charge in [-0.2, -0.15) is 0 Å². The number of aromatic nitrogens is 1. The molecule has 2 aromatic rings. The van der Waals surface area contributed by atoms with Crippen molar-refractivity contribution in [1.82, 2.24) is 15.2 Å². The highest BCUT2D eigenvalue weighted by Crippen LogP contribution is 2.25. The zero-order valence-electron chi connectivity index (χ0n) is 16.4. The number of anilines is 1. The van der Waals surface area contributed by atoms with E-state index in [1.54, 1.807) is 11.3 Å². The molecule has 1 saturated heterocycles. The van der Waals surface area contributed by atoms with Crippen molar-refractivity contribution < 1.29 is 4.74 Å². The van der Waals surface area contributed by atoms with Gasteiger partial charge in [-0.15, -0.1) is 0 Å². The number of guanidine groups is 1. The molecule has 1 aromatic carbocycles. The number of aliphatic imine (C=N–C) groups is 1. The van der Waals surface area contributed by atoms with Gasteiger partial charge in [0.1, 0.15) is 0 Å². The summed E-state index contributed by atoms with van der Waals surface area (Å²) in [5.41, 5.74) is 1.05. The quantitative estimate of drug-likeness (QED) is 0.411. The Morgan fingerprint density at radius 3 is 2.93 bits per heavy atom. The van der Waals surface area contributed by atoms with Crippen molar-refractivity contribution in [1.29, 1.82) is 0 Å². The summed E-state index contributed by atoms with van der Waals surface area (Å²) in [4.78, 5) is 11.6. The summed E-state index contributed by atoms with van der Waals surface area (Å²) < 4.78 is 6.67. The van der Waals surface area contributed by atoms with Crippen LogP contribution in [0.25, 0.3) is 10.2 Å². The molecule has 0 spiro atoms. The number of nitrogens with one attached hydrogen (secondary N) is 2. The molecule has 0 unspecified atom stereocenters. The highest BCUT2D eigenvalue weighted by atomic mass is 32.1. The van der Waals surface area contributed by atoms with Crippen molar-refractivity contribution in [3.8, 4) is 0 Å². The predicted octanol–water partition coefficient (Wildman–Crippen LogP) is 3.42. The van der Waals surface area contributed by atoms with Crippen molar-refractivity contribution >= 4 is 32.6 Å². The lowest BCUT2D eigenvalue weighted by molar-refractivity contribution is 0.0625. The fourth-order valence-electron chi connectivity index (χ4n) is 3.26. The average Bonchev–Trinajstić information content (AvgIpc) is 3.12. The van der Waals surface area contributed by atoms with Crippen molar-refractivity contribution in [2.24, 2.45) is 10.9 Å². The zero-order chi connectivity index (χ0) is 18.9. The number of ether oxygens (including phenoxy) is 1. The molecule has 0 amide bonds. The van der Waals surface area contributed by atoms with E-state index in [1.807, 2.05) is 18.2 Å². The standard InChI is InChI=1S/C20H31N5OS/c1-3-21-19(25(2)13-8-16-9-14-26-15-10-16)22-11-12-23-20-24-17-6-4-5-7-18(17)27-20/h4-7,16H,3,8-15H2,1-2H3,(H,21,22)(H,23,24). The number of hydrogen-bond acceptors (Lipinski definition) is 5. The van der Waals surface area contributed by atoms with Crippen LogP contribution in [0.15, 0.2) is 29.3 Å². The number of thiazole rings is 1. The highest BCUT2D eigenvalue weighted by Gasteiger charge is 2.15. The summed E-state index contributed by atoms with van der Waals surface area (Å²) in [5.74, 6) is 1.76. The minimum atomic E-state index is 0.722. The summed E-state index contributed by atoms with van der Waals surface area (Å²) in [7, 11) is 2.13. The van der Waals surface area contributed by atoms with Gasteiger partial charge in [-0.25, -0.2) is 4.98 Å². The van der Waals surface area contributed by atoms with Crippen molar-refractivity contribution in [2.75, 3.05) is 51.8 Å². The summed E-state index contributed by atoms with van der Waals surface area (Å²) in [5, 5.41) is 7.76. The van der Waals surface area contributed by atoms with Crippen LogP contribution >= 0.6 is 11.3 Å². The van der Waals surface area contributed by atoms with Gasteiger partial charge in [0.2, 0.25) is 0 Å². The summed E-state index contributed by atoms with van der Waals surface area (Å²) in [6, 6.07) is 8.22. The largest absolute Gasteiger partial charge is 0.381 e. The van der Waals surface area contributed by atoms with E-state index in [9.17, 15) is 0 Å². The third-order valence-corrected chi connectivity index (χ3v) is 5.85. The second-order valence-electron chi connectivity index (χ2n) is 6.92. The molecule has 0 radical (unpaired) electrons. The molecule has 1 aliphatic heterocycles. The van der Waals surface area contributed by atoms with Crippen molar-refractivity contribution in [2.45, 2.75) is 26.2 Å². The third-order valence-electron chi connectivity index (χ3n) is 4.85. The molecule has 0 atom stereocenters. The lowest BCUT2D eigenvalue weighted by atomic mass is 9.96. The molecular weight excluding hydrogens is 358 g/mol. The van der Waals surface area contributed by atoms with Gasteiger partial charge in [0.15, 0.2) is 11.1 Å². The van der Waals surface area contributed by atoms with Gasteiger partial charge in [-0.1, -0.05) is 23.5 Å². The van der Waals surface area contributed by atoms with E-state index in [0.717, 1.165) is 61.9 Å². The van der Waals surface area contributed by atoms with Crippen LogP contribution in [-0.4, -0.2) is 62.3 Å². The molecule has 7 heteroatoms. The summed E-state index contributed by atoms with van der Waals surface area (Å²) in [6.45, 7) is 7.36. The first-order chi connectivity index (χ1) is 13.3. The smallest absolute Gasteiger partial charge is 0.193 e. The van der Waals surface area contributed by atoms with Gasteiger partial charge >= 0.3 is 0 Å². The SMILES string of the molecule is CCNC(=NCCNc1nc2ccccc2s1)N(C)CCC1CCOCC1. The Morgan fingerprint density at radius 2 is 2.15 bits per heavy atom. The van der Waals surface area contributed by atoms with E-state index in [2.05, 4.69) is 40.6 Å². The third kappa shape index (κ3) is 6.07. The molecule has 1 fully saturated rings. The van der Waals surface area contributed by atoms with E-state index in [-0.39, 0.29) is 0 Å². The molecule has 1 aliphatic rings. The summed E-state index contributed by atoms with van der Waals surface area (Å²) >= 11 is 1.69. The van der Waals surface area contributed by atoms with Crippen molar-refractivity contribution in [3.05, 3.63) is 24.3 Å². The average molecular weight is 390 g/mol. The van der Waals surface area contributed by atoms with Crippen LogP contribution in [0, 0.1) is 5.92 Å². The molecule has 3 rings (SSSR count). The molecule has 148 valence electrons. The Kier molecular flexibility index (Phi) is 7.71. The van der Waals surface area contributed by atoms with Gasteiger partial charge in [0.25, 0.3) is 0 Å². The van der Waals surface area contributed by atoms with Crippen LogP contribution in [0.2, 0.25) is 0 Å². The summed E-state index contributed by atoms with van der Waals surface area (Å²) in [6.07, 6.45) is 3.58. The minimum Gasteiger partial charge on any atom is -0.381 e. The lowest BCUT2D eigenvalue weighted by Crippen LogP contribution is -2.40. The maximum Gasteiger partial charge on any atom is 0.193 e. The highest BCUT2D eigenvalue weighted by molar-refractivity contribution is 7.22. The van der Waals surface area contributed by atoms with Crippen LogP contribution in [-0.2, 0) is 4.74 Å². The molecular formula is C20H31N5OS. The lowest BCUT2D eigenvalue weighted by Gasteiger charge is -2.26. The minimum absolute atomic E-state index is 0.722. The van der Waals surface area contributed by atoms with Gasteiger partial charge in [-0.05, 0) is 44.2 Å². The number of rotatable bonds is 8. The Bertz CT molecular complexity index is 693. The fraction of sp³-hybridized carbons (Fsp3) is 0.600.